The minimum absolute atomic E-state index is 0. The van der Waals surface area contributed by atoms with Gasteiger partial charge in [0.15, 0.2) is 0 Å². The van der Waals surface area contributed by atoms with E-state index in [4.69, 9.17) is 11.5 Å². The van der Waals surface area contributed by atoms with Crippen molar-refractivity contribution in [2.75, 3.05) is 29.0 Å². The Morgan fingerprint density at radius 2 is 2.04 bits per heavy atom. The predicted molar refractivity (Wildman–Crippen MR) is 119 cm³/mol. The van der Waals surface area contributed by atoms with E-state index >= 15 is 0 Å². The first kappa shape index (κ1) is 24.2. The first-order valence-electron chi connectivity index (χ1n) is 9.25. The average Bonchev–Trinajstić information content (AvgIpc) is 2.63. The number of hydrogen-bond acceptors (Lipinski definition) is 6. The number of anilines is 4. The van der Waals surface area contributed by atoms with Gasteiger partial charge in [0.2, 0.25) is 5.95 Å². The molecule has 0 spiro atoms. The number of nitrogens with zero attached hydrogens (tertiary/aromatic N) is 3. The smallest absolute Gasteiger partial charge is 0.229 e. The number of aryl methyl sites for hydroxylation is 1. The number of benzene rings is 1. The van der Waals surface area contributed by atoms with E-state index in [1.54, 1.807) is 12.1 Å². The molecule has 2 heterocycles. The molecule has 1 atom stereocenters. The fraction of sp³-hybridized carbons (Fsp3) is 0.474. The maximum Gasteiger partial charge on any atom is 0.229 e. The van der Waals surface area contributed by atoms with Crippen LogP contribution in [-0.4, -0.2) is 29.1 Å². The third-order valence-electron chi connectivity index (χ3n) is 4.59. The lowest BCUT2D eigenvalue weighted by atomic mass is 10.1. The van der Waals surface area contributed by atoms with E-state index in [1.165, 1.54) is 6.07 Å². The normalized spacial score (nSPS) is 16.1. The summed E-state index contributed by atoms with van der Waals surface area (Å²) in [5.41, 5.74) is 13.5. The number of unbranched alkanes of at least 4 members (excludes halogenated alkanes) is 1. The van der Waals surface area contributed by atoms with Crippen molar-refractivity contribution in [2.45, 2.75) is 45.1 Å². The summed E-state index contributed by atoms with van der Waals surface area (Å²) < 4.78 is 13.4. The van der Waals surface area contributed by atoms with Gasteiger partial charge in [0.05, 0.1) is 5.69 Å². The Labute approximate surface area is 178 Å². The van der Waals surface area contributed by atoms with E-state index in [0.717, 1.165) is 56.7 Å². The van der Waals surface area contributed by atoms with Crippen molar-refractivity contribution < 1.29 is 4.39 Å². The summed E-state index contributed by atoms with van der Waals surface area (Å²) in [7, 11) is 0. The standard InChI is InChI=1S/C19H27FN6.2ClH/c1-2-3-6-14-11-18(26-9-4-5-13(21)12-26)25-19(23-14)24-15-7-8-16(20)17(22)10-15;;/h7-8,10-11,13H,2-6,9,12,21-22H2,1H3,(H,23,24,25);2*1H/t13-;;/m1../s1. The molecule has 1 aliphatic rings. The summed E-state index contributed by atoms with van der Waals surface area (Å²) >= 11 is 0. The van der Waals surface area contributed by atoms with Crippen LogP contribution < -0.4 is 21.7 Å². The number of nitrogens with one attached hydrogen (secondary N) is 1. The number of nitrogens with two attached hydrogens (primary N) is 2. The molecule has 1 aromatic heterocycles. The second-order valence-corrected chi connectivity index (χ2v) is 6.85. The molecule has 2 aromatic rings. The van der Waals surface area contributed by atoms with E-state index in [2.05, 4.69) is 33.2 Å². The Hall–Kier alpha value is -1.83. The topological polar surface area (TPSA) is 93.1 Å². The summed E-state index contributed by atoms with van der Waals surface area (Å²) in [6.45, 7) is 3.90. The van der Waals surface area contributed by atoms with Crippen LogP contribution >= 0.6 is 24.8 Å². The third kappa shape index (κ3) is 6.36. The van der Waals surface area contributed by atoms with Gasteiger partial charge in [-0.3, -0.25) is 0 Å². The van der Waals surface area contributed by atoms with Gasteiger partial charge in [0.1, 0.15) is 11.6 Å². The highest BCUT2D eigenvalue weighted by molar-refractivity contribution is 5.85. The molecule has 1 saturated heterocycles. The fourth-order valence-electron chi connectivity index (χ4n) is 3.16. The molecule has 9 heteroatoms. The number of hydrogen-bond donors (Lipinski definition) is 3. The van der Waals surface area contributed by atoms with Crippen LogP contribution in [0.2, 0.25) is 0 Å². The SMILES string of the molecule is CCCCc1cc(N2CCC[C@@H](N)C2)nc(Nc2ccc(F)c(N)c2)n1.Cl.Cl. The lowest BCUT2D eigenvalue weighted by molar-refractivity contribution is 0.503. The molecule has 0 amide bonds. The molecular weight excluding hydrogens is 402 g/mol. The van der Waals surface area contributed by atoms with Crippen molar-refractivity contribution in [1.82, 2.24) is 9.97 Å². The summed E-state index contributed by atoms with van der Waals surface area (Å²) in [5.74, 6) is 0.953. The van der Waals surface area contributed by atoms with Crippen molar-refractivity contribution in [3.63, 3.8) is 0 Å². The third-order valence-corrected chi connectivity index (χ3v) is 4.59. The molecule has 28 heavy (non-hydrogen) atoms. The maximum absolute atomic E-state index is 13.4. The molecule has 0 radical (unpaired) electrons. The van der Waals surface area contributed by atoms with Gasteiger partial charge in [-0.05, 0) is 43.9 Å². The number of piperidine rings is 1. The van der Waals surface area contributed by atoms with Gasteiger partial charge in [0.25, 0.3) is 0 Å². The first-order chi connectivity index (χ1) is 12.5. The van der Waals surface area contributed by atoms with Gasteiger partial charge in [-0.15, -0.1) is 24.8 Å². The van der Waals surface area contributed by atoms with Crippen LogP contribution in [0.1, 0.15) is 38.3 Å². The molecule has 1 aliphatic heterocycles. The van der Waals surface area contributed by atoms with Crippen molar-refractivity contribution in [1.29, 1.82) is 0 Å². The summed E-state index contributed by atoms with van der Waals surface area (Å²) in [6, 6.07) is 6.74. The first-order valence-corrected chi connectivity index (χ1v) is 9.25. The number of halogens is 3. The minimum atomic E-state index is -0.434. The highest BCUT2D eigenvalue weighted by Crippen LogP contribution is 2.24. The van der Waals surface area contributed by atoms with Gasteiger partial charge < -0.3 is 21.7 Å². The summed E-state index contributed by atoms with van der Waals surface area (Å²) in [4.78, 5) is 11.5. The predicted octanol–water partition coefficient (Wildman–Crippen LogP) is 4.06. The second kappa shape index (κ2) is 11.2. The van der Waals surface area contributed by atoms with Crippen LogP contribution in [0.5, 0.6) is 0 Å². The summed E-state index contributed by atoms with van der Waals surface area (Å²) in [6.07, 6.45) is 5.17. The molecule has 5 N–H and O–H groups in total. The number of nitrogen functional groups attached to an aromatic ring is 1. The number of rotatable bonds is 6. The Morgan fingerprint density at radius 1 is 1.25 bits per heavy atom. The van der Waals surface area contributed by atoms with Crippen LogP contribution in [0.3, 0.4) is 0 Å². The maximum atomic E-state index is 13.4. The van der Waals surface area contributed by atoms with Crippen LogP contribution in [-0.2, 0) is 6.42 Å². The van der Waals surface area contributed by atoms with Crippen LogP contribution in [0.15, 0.2) is 24.3 Å². The molecule has 6 nitrogen and oxygen atoms in total. The van der Waals surface area contributed by atoms with Crippen molar-refractivity contribution in [3.8, 4) is 0 Å². The van der Waals surface area contributed by atoms with E-state index in [1.807, 2.05) is 0 Å². The van der Waals surface area contributed by atoms with Gasteiger partial charge in [-0.1, -0.05) is 13.3 Å². The van der Waals surface area contributed by atoms with Crippen molar-refractivity contribution in [3.05, 3.63) is 35.8 Å². The number of aromatic nitrogens is 2. The highest BCUT2D eigenvalue weighted by atomic mass is 35.5. The zero-order valence-electron chi connectivity index (χ0n) is 16.0. The second-order valence-electron chi connectivity index (χ2n) is 6.85. The lowest BCUT2D eigenvalue weighted by Gasteiger charge is -2.32. The molecule has 3 rings (SSSR count). The molecule has 0 saturated carbocycles. The quantitative estimate of drug-likeness (QED) is 0.598. The van der Waals surface area contributed by atoms with Crippen LogP contribution in [0.4, 0.5) is 27.5 Å². The zero-order chi connectivity index (χ0) is 18.5. The largest absolute Gasteiger partial charge is 0.396 e. The lowest BCUT2D eigenvalue weighted by Crippen LogP contribution is -2.43. The molecule has 156 valence electrons. The summed E-state index contributed by atoms with van der Waals surface area (Å²) in [5, 5.41) is 3.15. The Bertz CT molecular complexity index is 761. The van der Waals surface area contributed by atoms with Crippen molar-refractivity contribution in [2.24, 2.45) is 5.73 Å². The molecule has 1 aromatic carbocycles. The molecule has 1 fully saturated rings. The van der Waals surface area contributed by atoms with Crippen LogP contribution in [0, 0.1) is 5.82 Å². The van der Waals surface area contributed by atoms with Gasteiger partial charge in [-0.25, -0.2) is 9.37 Å². The van der Waals surface area contributed by atoms with E-state index in [-0.39, 0.29) is 36.5 Å². The van der Waals surface area contributed by atoms with Gasteiger partial charge in [0, 0.05) is 36.6 Å². The molecular formula is C19H29Cl2FN6. The Morgan fingerprint density at radius 3 is 2.71 bits per heavy atom. The van der Waals surface area contributed by atoms with Gasteiger partial charge in [-0.2, -0.15) is 4.98 Å². The van der Waals surface area contributed by atoms with Crippen molar-refractivity contribution >= 4 is 48.0 Å². The zero-order valence-corrected chi connectivity index (χ0v) is 17.7. The van der Waals surface area contributed by atoms with Gasteiger partial charge >= 0.3 is 0 Å². The average molecular weight is 431 g/mol. The minimum Gasteiger partial charge on any atom is -0.396 e. The molecule has 0 bridgehead atoms. The Kier molecular flexibility index (Phi) is 9.72. The van der Waals surface area contributed by atoms with Crippen LogP contribution in [0.25, 0.3) is 0 Å². The fourth-order valence-corrected chi connectivity index (χ4v) is 3.16. The highest BCUT2D eigenvalue weighted by Gasteiger charge is 2.19. The molecule has 0 unspecified atom stereocenters. The Balaban J connectivity index is 0.00000196. The monoisotopic (exact) mass is 430 g/mol. The van der Waals surface area contributed by atoms with E-state index < -0.39 is 5.82 Å². The van der Waals surface area contributed by atoms with E-state index in [9.17, 15) is 4.39 Å². The molecule has 0 aliphatic carbocycles. The van der Waals surface area contributed by atoms with E-state index in [0.29, 0.717) is 11.6 Å².